The number of fused-ring (bicyclic) bond motifs is 1. The van der Waals surface area contributed by atoms with Gasteiger partial charge in [-0.25, -0.2) is 9.78 Å². The van der Waals surface area contributed by atoms with Crippen LogP contribution in [-0.4, -0.2) is 43.3 Å². The highest BCUT2D eigenvalue weighted by molar-refractivity contribution is 6.08. The van der Waals surface area contributed by atoms with E-state index >= 15 is 0 Å². The fraction of sp³-hybridized carbons (Fsp3) is 0.357. The minimum atomic E-state index is -1.41. The molecular weight excluding hydrogens is 428 g/mol. The Morgan fingerprint density at radius 3 is 2.56 bits per heavy atom. The molecule has 1 saturated heterocycles. The summed E-state index contributed by atoms with van der Waals surface area (Å²) in [7, 11) is 1.38. The van der Waals surface area contributed by atoms with Gasteiger partial charge in [-0.05, 0) is 47.2 Å². The number of rotatable bonds is 6. The maximum atomic E-state index is 13.7. The van der Waals surface area contributed by atoms with E-state index in [2.05, 4.69) is 41.3 Å². The number of carbonyl (C=O) groups is 2. The molecular formula is C28H28N2O4. The Morgan fingerprint density at radius 1 is 1.03 bits per heavy atom. The first-order valence-electron chi connectivity index (χ1n) is 12.0. The fourth-order valence-electron chi connectivity index (χ4n) is 6.38. The number of para-hydroxylation sites is 1. The monoisotopic (exact) mass is 456 g/mol. The van der Waals surface area contributed by atoms with Gasteiger partial charge in [0.05, 0.1) is 12.8 Å². The normalized spacial score (nSPS) is 24.7. The van der Waals surface area contributed by atoms with Crippen LogP contribution >= 0.6 is 0 Å². The first-order valence-corrected chi connectivity index (χ1v) is 12.0. The molecule has 0 radical (unpaired) electrons. The van der Waals surface area contributed by atoms with Gasteiger partial charge in [0.2, 0.25) is 5.60 Å². The van der Waals surface area contributed by atoms with Gasteiger partial charge in [0.25, 0.3) is 5.91 Å². The van der Waals surface area contributed by atoms with Crippen LogP contribution in [0.4, 0.5) is 5.69 Å². The smallest absolute Gasteiger partial charge is 0.268 e. The van der Waals surface area contributed by atoms with Crippen LogP contribution in [0.15, 0.2) is 60.7 Å². The number of amides is 1. The molecule has 0 aromatic heterocycles. The van der Waals surface area contributed by atoms with Crippen molar-refractivity contribution in [3.63, 3.8) is 0 Å². The van der Waals surface area contributed by atoms with Crippen molar-refractivity contribution in [2.75, 3.05) is 25.1 Å². The van der Waals surface area contributed by atoms with E-state index in [1.54, 1.807) is 0 Å². The van der Waals surface area contributed by atoms with Crippen LogP contribution in [0.5, 0.6) is 0 Å². The highest BCUT2D eigenvalue weighted by Gasteiger charge is 2.55. The zero-order chi connectivity index (χ0) is 23.3. The number of carbonyl (C=O) groups excluding carboxylic acids is 2. The van der Waals surface area contributed by atoms with Crippen LogP contribution in [0, 0.1) is 0 Å². The Balaban J connectivity index is 1.25. The lowest BCUT2D eigenvalue weighted by Gasteiger charge is -2.40. The van der Waals surface area contributed by atoms with Crippen LogP contribution < -0.4 is 4.90 Å². The van der Waals surface area contributed by atoms with E-state index in [1.165, 1.54) is 29.0 Å². The number of likely N-dealkylation sites (tertiary alicyclic amines) is 1. The summed E-state index contributed by atoms with van der Waals surface area (Å²) in [4.78, 5) is 40.2. The average Bonchev–Trinajstić information content (AvgIpc) is 3.35. The van der Waals surface area contributed by atoms with Crippen LogP contribution in [-0.2, 0) is 31.4 Å². The lowest BCUT2D eigenvalue weighted by molar-refractivity contribution is -0.336. The van der Waals surface area contributed by atoms with Gasteiger partial charge in [0.1, 0.15) is 6.29 Å². The van der Waals surface area contributed by atoms with E-state index in [4.69, 9.17) is 9.78 Å². The van der Waals surface area contributed by atoms with Crippen molar-refractivity contribution in [1.82, 2.24) is 4.90 Å². The summed E-state index contributed by atoms with van der Waals surface area (Å²) < 4.78 is 0. The quantitative estimate of drug-likeness (QED) is 0.314. The molecule has 34 heavy (non-hydrogen) atoms. The summed E-state index contributed by atoms with van der Waals surface area (Å²) in [6.45, 7) is 1.83. The Hall–Kier alpha value is -3.06. The second kappa shape index (κ2) is 8.31. The van der Waals surface area contributed by atoms with Gasteiger partial charge in [-0.15, -0.1) is 0 Å². The number of hydrogen-bond donors (Lipinski definition) is 0. The van der Waals surface area contributed by atoms with Crippen LogP contribution in [0.3, 0.4) is 0 Å². The zero-order valence-electron chi connectivity index (χ0n) is 19.3. The Kier molecular flexibility index (Phi) is 5.25. The number of anilines is 1. The largest absolute Gasteiger partial charge is 0.306 e. The predicted octanol–water partition coefficient (Wildman–Crippen LogP) is 4.31. The molecule has 2 atom stereocenters. The lowest BCUT2D eigenvalue weighted by atomic mass is 9.92. The zero-order valence-corrected chi connectivity index (χ0v) is 19.3. The molecule has 0 N–H and O–H groups in total. The molecule has 0 spiro atoms. The SMILES string of the molecule is COOC1(CC=O)C(=O)N(C2CCN(C3Cc4cccc5cccc3c45)CC2)c2ccccc21. The molecule has 1 fully saturated rings. The number of aldehydes is 1. The van der Waals surface area contributed by atoms with E-state index in [0.717, 1.165) is 44.3 Å². The van der Waals surface area contributed by atoms with Crippen LogP contribution in [0.2, 0.25) is 0 Å². The Labute approximate surface area is 199 Å². The molecule has 6 rings (SSSR count). The van der Waals surface area contributed by atoms with E-state index in [1.807, 2.05) is 29.2 Å². The van der Waals surface area contributed by atoms with Gasteiger partial charge < -0.3 is 9.69 Å². The molecule has 1 amide bonds. The maximum Gasteiger partial charge on any atom is 0.268 e. The third-order valence-electron chi connectivity index (χ3n) is 7.86. The molecule has 0 saturated carbocycles. The predicted molar refractivity (Wildman–Crippen MR) is 129 cm³/mol. The summed E-state index contributed by atoms with van der Waals surface area (Å²) in [5.74, 6) is -0.209. The van der Waals surface area contributed by atoms with Crippen LogP contribution in [0.1, 0.15) is 42.0 Å². The first kappa shape index (κ1) is 21.5. The molecule has 2 unspecified atom stereocenters. The number of nitrogens with zero attached hydrogens (tertiary/aromatic N) is 2. The van der Waals surface area contributed by atoms with Crippen molar-refractivity contribution >= 4 is 28.7 Å². The summed E-state index contributed by atoms with van der Waals surface area (Å²) >= 11 is 0. The van der Waals surface area contributed by atoms with Crippen molar-refractivity contribution in [2.24, 2.45) is 0 Å². The van der Waals surface area contributed by atoms with Gasteiger partial charge in [0.15, 0.2) is 0 Å². The standard InChI is InChI=1S/C28H28N2O4/c1-33-34-28(14-17-31)23-10-2-3-11-24(23)30(27(28)32)21-12-15-29(16-13-21)25-18-20-8-4-6-19-7-5-9-22(25)26(19)20/h2-11,17,21,25H,12-16,18H2,1H3. The lowest BCUT2D eigenvalue weighted by Crippen LogP contribution is -2.51. The molecule has 3 aliphatic rings. The molecule has 0 bridgehead atoms. The minimum absolute atomic E-state index is 0.0541. The second-order valence-electron chi connectivity index (χ2n) is 9.49. The number of piperidine rings is 1. The van der Waals surface area contributed by atoms with Crippen molar-refractivity contribution in [1.29, 1.82) is 0 Å². The van der Waals surface area contributed by atoms with Gasteiger partial charge in [0, 0.05) is 37.2 Å². The maximum absolute atomic E-state index is 13.7. The van der Waals surface area contributed by atoms with Crippen molar-refractivity contribution in [2.45, 2.75) is 43.4 Å². The van der Waals surface area contributed by atoms with E-state index in [0.29, 0.717) is 11.6 Å². The van der Waals surface area contributed by atoms with Gasteiger partial charge in [-0.2, -0.15) is 0 Å². The molecule has 174 valence electrons. The van der Waals surface area contributed by atoms with E-state index in [9.17, 15) is 9.59 Å². The average molecular weight is 457 g/mol. The summed E-state index contributed by atoms with van der Waals surface area (Å²) in [5, 5.41) is 2.73. The molecule has 3 aromatic carbocycles. The van der Waals surface area contributed by atoms with Crippen molar-refractivity contribution in [3.8, 4) is 0 Å². The Morgan fingerprint density at radius 2 is 1.79 bits per heavy atom. The van der Waals surface area contributed by atoms with Gasteiger partial charge in [-0.3, -0.25) is 9.69 Å². The molecule has 2 aliphatic heterocycles. The first-order chi connectivity index (χ1) is 16.7. The van der Waals surface area contributed by atoms with E-state index < -0.39 is 5.60 Å². The van der Waals surface area contributed by atoms with Gasteiger partial charge >= 0.3 is 0 Å². The minimum Gasteiger partial charge on any atom is -0.306 e. The highest BCUT2D eigenvalue weighted by atomic mass is 17.2. The topological polar surface area (TPSA) is 59.1 Å². The fourth-order valence-corrected chi connectivity index (χ4v) is 6.38. The van der Waals surface area contributed by atoms with Crippen LogP contribution in [0.25, 0.3) is 10.8 Å². The highest BCUT2D eigenvalue weighted by Crippen LogP contribution is 2.47. The number of hydrogen-bond acceptors (Lipinski definition) is 5. The van der Waals surface area contributed by atoms with Crippen molar-refractivity contribution < 1.29 is 19.4 Å². The summed E-state index contributed by atoms with van der Waals surface area (Å²) in [6, 6.07) is 21.3. The van der Waals surface area contributed by atoms with Gasteiger partial charge in [-0.1, -0.05) is 54.6 Å². The summed E-state index contributed by atoms with van der Waals surface area (Å²) in [6.07, 6.45) is 3.44. The Bertz CT molecular complexity index is 1260. The molecule has 6 nitrogen and oxygen atoms in total. The second-order valence-corrected chi connectivity index (χ2v) is 9.49. The third-order valence-corrected chi connectivity index (χ3v) is 7.86. The van der Waals surface area contributed by atoms with E-state index in [-0.39, 0.29) is 18.4 Å². The molecule has 6 heteroatoms. The molecule has 2 heterocycles. The van der Waals surface area contributed by atoms with Crippen molar-refractivity contribution in [3.05, 3.63) is 77.4 Å². The molecule has 1 aliphatic carbocycles. The summed E-state index contributed by atoms with van der Waals surface area (Å²) in [5.41, 5.74) is 2.97. The third kappa shape index (κ3) is 3.06. The molecule has 3 aromatic rings. The number of benzene rings is 3.